The molecule has 0 radical (unpaired) electrons. The van der Waals surface area contributed by atoms with Gasteiger partial charge in [-0.25, -0.2) is 9.97 Å². The maximum Gasteiger partial charge on any atom is 0.159 e. The zero-order chi connectivity index (χ0) is 11.7. The van der Waals surface area contributed by atoms with Crippen molar-refractivity contribution in [1.82, 2.24) is 9.97 Å². The van der Waals surface area contributed by atoms with Crippen LogP contribution in [0.4, 0.5) is 0 Å². The van der Waals surface area contributed by atoms with Gasteiger partial charge in [0.2, 0.25) is 0 Å². The Labute approximate surface area is 101 Å². The summed E-state index contributed by atoms with van der Waals surface area (Å²) >= 11 is 0. The quantitative estimate of drug-likeness (QED) is 0.877. The van der Waals surface area contributed by atoms with E-state index in [1.807, 2.05) is 12.1 Å². The number of hydrogen-bond donors (Lipinski definition) is 1. The summed E-state index contributed by atoms with van der Waals surface area (Å²) in [5, 5.41) is 10.3. The van der Waals surface area contributed by atoms with Crippen molar-refractivity contribution in [3.05, 3.63) is 36.2 Å². The molecule has 1 aliphatic rings. The molecule has 2 aromatic heterocycles. The Morgan fingerprint density at radius 1 is 1.24 bits per heavy atom. The van der Waals surface area contributed by atoms with Crippen molar-refractivity contribution in [2.75, 3.05) is 0 Å². The lowest BCUT2D eigenvalue weighted by molar-refractivity contribution is 0.0392. The normalized spacial score (nSPS) is 23.6. The van der Waals surface area contributed by atoms with E-state index in [2.05, 4.69) is 22.1 Å². The highest BCUT2D eigenvalue weighted by atomic mass is 16.3. The van der Waals surface area contributed by atoms with Gasteiger partial charge in [0.05, 0.1) is 6.10 Å². The lowest BCUT2D eigenvalue weighted by Gasteiger charge is -2.31. The minimum absolute atomic E-state index is 0.0498. The van der Waals surface area contributed by atoms with Gasteiger partial charge < -0.3 is 5.11 Å². The van der Waals surface area contributed by atoms with E-state index in [0.717, 1.165) is 42.4 Å². The molecule has 3 rings (SSSR count). The number of aryl methyl sites for hydroxylation is 1. The third-order valence-electron chi connectivity index (χ3n) is 3.54. The first-order valence-corrected chi connectivity index (χ1v) is 6.20. The molecular weight excluding hydrogens is 212 g/mol. The molecular formula is C14H16N2O. The number of pyridine rings is 2. The van der Waals surface area contributed by atoms with E-state index >= 15 is 0 Å². The summed E-state index contributed by atoms with van der Waals surface area (Å²) in [6.45, 7) is 0. The minimum atomic E-state index is -0.0498. The molecule has 1 N–H and O–H groups in total. The monoisotopic (exact) mass is 228 g/mol. The molecule has 88 valence electrons. The summed E-state index contributed by atoms with van der Waals surface area (Å²) < 4.78 is 0. The van der Waals surface area contributed by atoms with Crippen molar-refractivity contribution in [3.8, 4) is 0 Å². The largest absolute Gasteiger partial charge is 0.393 e. The first-order chi connectivity index (χ1) is 8.31. The first-order valence-electron chi connectivity index (χ1n) is 6.20. The highest BCUT2D eigenvalue weighted by Gasteiger charge is 2.26. The smallest absolute Gasteiger partial charge is 0.159 e. The molecule has 2 aromatic rings. The number of fused-ring (bicyclic) bond motifs is 1. The van der Waals surface area contributed by atoms with Gasteiger partial charge in [0.1, 0.15) is 0 Å². The Balaban J connectivity index is 1.68. The molecule has 1 fully saturated rings. The van der Waals surface area contributed by atoms with Crippen molar-refractivity contribution in [2.45, 2.75) is 31.8 Å². The summed E-state index contributed by atoms with van der Waals surface area (Å²) in [5.74, 6) is 0.686. The molecule has 0 unspecified atom stereocenters. The Morgan fingerprint density at radius 2 is 2.12 bits per heavy atom. The molecule has 2 heterocycles. The predicted molar refractivity (Wildman–Crippen MR) is 66.6 cm³/mol. The molecule has 0 aromatic carbocycles. The highest BCUT2D eigenvalue weighted by Crippen LogP contribution is 2.31. The summed E-state index contributed by atoms with van der Waals surface area (Å²) in [4.78, 5) is 8.82. The lowest BCUT2D eigenvalue weighted by Crippen LogP contribution is -2.28. The average Bonchev–Trinajstić information content (AvgIpc) is 2.33. The van der Waals surface area contributed by atoms with Crippen molar-refractivity contribution >= 4 is 11.0 Å². The standard InChI is InChI=1S/C14H16N2O/c17-13-8-10(9-13)3-5-12-6-4-11-2-1-7-15-14(11)16-12/h1-2,4,6-7,10,13,17H,3,5,8-9H2/t10-,13+. The molecule has 0 bridgehead atoms. The van der Waals surface area contributed by atoms with E-state index in [1.165, 1.54) is 0 Å². The molecule has 0 atom stereocenters. The van der Waals surface area contributed by atoms with Gasteiger partial charge in [-0.15, -0.1) is 0 Å². The van der Waals surface area contributed by atoms with E-state index in [1.54, 1.807) is 6.20 Å². The number of hydrogen-bond acceptors (Lipinski definition) is 3. The van der Waals surface area contributed by atoms with Crippen LogP contribution in [0.1, 0.15) is 25.0 Å². The number of rotatable bonds is 3. The van der Waals surface area contributed by atoms with Gasteiger partial charge in [-0.05, 0) is 55.9 Å². The summed E-state index contributed by atoms with van der Waals surface area (Å²) in [5.41, 5.74) is 1.94. The highest BCUT2D eigenvalue weighted by molar-refractivity contribution is 5.74. The van der Waals surface area contributed by atoms with Gasteiger partial charge in [-0.1, -0.05) is 0 Å². The van der Waals surface area contributed by atoms with Gasteiger partial charge in [0, 0.05) is 17.3 Å². The SMILES string of the molecule is O[C@H]1C[C@@H](CCc2ccc3cccnc3n2)C1. The first kappa shape index (κ1) is 10.7. The molecule has 0 saturated heterocycles. The average molecular weight is 228 g/mol. The lowest BCUT2D eigenvalue weighted by atomic mass is 9.79. The fraction of sp³-hybridized carbons (Fsp3) is 0.429. The molecule has 3 heteroatoms. The van der Waals surface area contributed by atoms with E-state index in [9.17, 15) is 5.11 Å². The van der Waals surface area contributed by atoms with Crippen LogP contribution in [0, 0.1) is 5.92 Å². The van der Waals surface area contributed by atoms with Crippen LogP contribution in [0.25, 0.3) is 11.0 Å². The molecule has 1 saturated carbocycles. The van der Waals surface area contributed by atoms with Crippen molar-refractivity contribution < 1.29 is 5.11 Å². The zero-order valence-electron chi connectivity index (χ0n) is 9.71. The second kappa shape index (κ2) is 4.41. The van der Waals surface area contributed by atoms with E-state index in [4.69, 9.17) is 0 Å². The minimum Gasteiger partial charge on any atom is -0.393 e. The maximum absolute atomic E-state index is 9.23. The third-order valence-corrected chi connectivity index (χ3v) is 3.54. The zero-order valence-corrected chi connectivity index (χ0v) is 9.71. The van der Waals surface area contributed by atoms with Gasteiger partial charge >= 0.3 is 0 Å². The Hall–Kier alpha value is -1.48. The molecule has 3 nitrogen and oxygen atoms in total. The van der Waals surface area contributed by atoms with Crippen LogP contribution < -0.4 is 0 Å². The number of aliphatic hydroxyl groups is 1. The fourth-order valence-electron chi connectivity index (χ4n) is 2.42. The summed E-state index contributed by atoms with van der Waals surface area (Å²) in [7, 11) is 0. The van der Waals surface area contributed by atoms with Crippen LogP contribution >= 0.6 is 0 Å². The fourth-order valence-corrected chi connectivity index (χ4v) is 2.42. The van der Waals surface area contributed by atoms with Crippen LogP contribution in [-0.4, -0.2) is 21.2 Å². The summed E-state index contributed by atoms with van der Waals surface area (Å²) in [6.07, 6.45) is 5.77. The van der Waals surface area contributed by atoms with Crippen molar-refractivity contribution in [1.29, 1.82) is 0 Å². The molecule has 0 amide bonds. The second-order valence-corrected chi connectivity index (χ2v) is 4.88. The van der Waals surface area contributed by atoms with Crippen molar-refractivity contribution in [2.24, 2.45) is 5.92 Å². The van der Waals surface area contributed by atoms with E-state index < -0.39 is 0 Å². The van der Waals surface area contributed by atoms with Gasteiger partial charge in [0.25, 0.3) is 0 Å². The van der Waals surface area contributed by atoms with Crippen LogP contribution in [-0.2, 0) is 6.42 Å². The van der Waals surface area contributed by atoms with Gasteiger partial charge in [-0.2, -0.15) is 0 Å². The van der Waals surface area contributed by atoms with Gasteiger partial charge in [-0.3, -0.25) is 0 Å². The molecule has 1 aliphatic carbocycles. The molecule has 0 aliphatic heterocycles. The van der Waals surface area contributed by atoms with Gasteiger partial charge in [0.15, 0.2) is 5.65 Å². The summed E-state index contributed by atoms with van der Waals surface area (Å²) in [6, 6.07) is 8.13. The Morgan fingerprint density at radius 3 is 2.94 bits per heavy atom. The number of nitrogens with zero attached hydrogens (tertiary/aromatic N) is 2. The number of aliphatic hydroxyl groups excluding tert-OH is 1. The Kier molecular flexibility index (Phi) is 2.77. The van der Waals surface area contributed by atoms with Crippen LogP contribution in [0.5, 0.6) is 0 Å². The Bertz CT molecular complexity index is 520. The topological polar surface area (TPSA) is 46.0 Å². The van der Waals surface area contributed by atoms with Crippen LogP contribution in [0.2, 0.25) is 0 Å². The van der Waals surface area contributed by atoms with Crippen LogP contribution in [0.3, 0.4) is 0 Å². The maximum atomic E-state index is 9.23. The van der Waals surface area contributed by atoms with E-state index in [0.29, 0.717) is 5.92 Å². The van der Waals surface area contributed by atoms with Crippen molar-refractivity contribution in [3.63, 3.8) is 0 Å². The molecule has 17 heavy (non-hydrogen) atoms. The van der Waals surface area contributed by atoms with E-state index in [-0.39, 0.29) is 6.10 Å². The molecule has 0 spiro atoms. The van der Waals surface area contributed by atoms with Crippen LogP contribution in [0.15, 0.2) is 30.5 Å². The number of aromatic nitrogens is 2. The predicted octanol–water partition coefficient (Wildman–Crippen LogP) is 2.33. The third kappa shape index (κ3) is 2.29. The second-order valence-electron chi connectivity index (χ2n) is 4.88.